The maximum atomic E-state index is 13.1. The Hall–Kier alpha value is -1.42. The fourth-order valence-corrected chi connectivity index (χ4v) is 1.92. The number of aromatic nitrogens is 1. The largest absolute Gasteiger partial charge is 0.356 e. The van der Waals surface area contributed by atoms with Crippen LogP contribution in [0, 0.1) is 5.82 Å². The average molecular weight is 220 g/mol. The van der Waals surface area contributed by atoms with E-state index in [1.54, 1.807) is 6.07 Å². The molecule has 2 aromatic rings. The molecule has 0 amide bonds. The summed E-state index contributed by atoms with van der Waals surface area (Å²) >= 11 is 0. The molecule has 0 radical (unpaired) electrons. The van der Waals surface area contributed by atoms with Gasteiger partial charge in [0.2, 0.25) is 0 Å². The third-order valence-electron chi connectivity index (χ3n) is 3.26. The molecule has 0 saturated heterocycles. The fourth-order valence-electron chi connectivity index (χ4n) is 1.92. The van der Waals surface area contributed by atoms with Crippen LogP contribution < -0.4 is 5.73 Å². The second-order valence-corrected chi connectivity index (χ2v) is 4.63. The lowest BCUT2D eigenvalue weighted by molar-refractivity contribution is 0.441. The lowest BCUT2D eigenvalue weighted by Gasteiger charge is -2.05. The van der Waals surface area contributed by atoms with Gasteiger partial charge >= 0.3 is 0 Å². The first-order chi connectivity index (χ1) is 7.66. The zero-order valence-corrected chi connectivity index (χ0v) is 8.87. The van der Waals surface area contributed by atoms with Gasteiger partial charge in [0.1, 0.15) is 5.82 Å². The van der Waals surface area contributed by atoms with E-state index in [4.69, 9.17) is 10.3 Å². The predicted molar refractivity (Wildman–Crippen MR) is 58.4 cm³/mol. The van der Waals surface area contributed by atoms with Crippen molar-refractivity contribution in [1.82, 2.24) is 5.16 Å². The van der Waals surface area contributed by atoms with E-state index in [0.717, 1.165) is 36.8 Å². The molecule has 0 spiro atoms. The van der Waals surface area contributed by atoms with Crippen LogP contribution in [-0.2, 0) is 6.42 Å². The van der Waals surface area contributed by atoms with E-state index in [2.05, 4.69) is 5.16 Å². The summed E-state index contributed by atoms with van der Waals surface area (Å²) in [5.41, 5.74) is 7.45. The van der Waals surface area contributed by atoms with Crippen LogP contribution in [-0.4, -0.2) is 10.7 Å². The summed E-state index contributed by atoms with van der Waals surface area (Å²) in [7, 11) is 0. The van der Waals surface area contributed by atoms with Gasteiger partial charge in [0.15, 0.2) is 5.58 Å². The maximum Gasteiger partial charge on any atom is 0.167 e. The first-order valence-corrected chi connectivity index (χ1v) is 5.49. The van der Waals surface area contributed by atoms with Gasteiger partial charge in [0.05, 0.1) is 5.69 Å². The van der Waals surface area contributed by atoms with Crippen molar-refractivity contribution >= 4 is 11.0 Å². The van der Waals surface area contributed by atoms with E-state index in [9.17, 15) is 4.39 Å². The molecule has 1 aliphatic rings. The van der Waals surface area contributed by atoms with Gasteiger partial charge in [0, 0.05) is 10.9 Å². The lowest BCUT2D eigenvalue weighted by atomic mass is 10.1. The Bertz CT molecular complexity index is 531. The van der Waals surface area contributed by atoms with Crippen molar-refractivity contribution in [3.05, 3.63) is 29.7 Å². The molecule has 1 fully saturated rings. The number of hydrogen-bond donors (Lipinski definition) is 1. The van der Waals surface area contributed by atoms with E-state index >= 15 is 0 Å². The van der Waals surface area contributed by atoms with E-state index in [1.807, 2.05) is 0 Å². The van der Waals surface area contributed by atoms with Crippen LogP contribution in [0.5, 0.6) is 0 Å². The Balaban J connectivity index is 1.88. The van der Waals surface area contributed by atoms with Gasteiger partial charge in [-0.2, -0.15) is 0 Å². The summed E-state index contributed by atoms with van der Waals surface area (Å²) in [5, 5.41) is 4.74. The summed E-state index contributed by atoms with van der Waals surface area (Å²) in [4.78, 5) is 0. The molecule has 1 aromatic heterocycles. The molecule has 0 bridgehead atoms. The summed E-state index contributed by atoms with van der Waals surface area (Å²) in [5.74, 6) is -0.258. The van der Waals surface area contributed by atoms with Crippen LogP contribution in [0.3, 0.4) is 0 Å². The van der Waals surface area contributed by atoms with Gasteiger partial charge in [-0.3, -0.25) is 0 Å². The molecule has 0 unspecified atom stereocenters. The Morgan fingerprint density at radius 3 is 3.00 bits per heavy atom. The number of fused-ring (bicyclic) bond motifs is 1. The number of nitrogens with zero attached hydrogens (tertiary/aromatic N) is 1. The topological polar surface area (TPSA) is 52.0 Å². The summed E-state index contributed by atoms with van der Waals surface area (Å²) in [6.07, 6.45) is 3.81. The van der Waals surface area contributed by atoms with Crippen molar-refractivity contribution in [3.63, 3.8) is 0 Å². The smallest absolute Gasteiger partial charge is 0.167 e. The van der Waals surface area contributed by atoms with Gasteiger partial charge in [0.25, 0.3) is 0 Å². The van der Waals surface area contributed by atoms with Crippen LogP contribution in [0.25, 0.3) is 11.0 Å². The zero-order chi connectivity index (χ0) is 11.2. The van der Waals surface area contributed by atoms with Crippen molar-refractivity contribution in [1.29, 1.82) is 0 Å². The third kappa shape index (κ3) is 1.69. The molecule has 1 aliphatic carbocycles. The SMILES string of the molecule is NC1(CCc2noc3ccc(F)cc23)CC1. The first-order valence-electron chi connectivity index (χ1n) is 5.49. The minimum absolute atomic E-state index is 0.00139. The Morgan fingerprint density at radius 2 is 2.25 bits per heavy atom. The quantitative estimate of drug-likeness (QED) is 0.864. The van der Waals surface area contributed by atoms with Crippen LogP contribution in [0.4, 0.5) is 4.39 Å². The summed E-state index contributed by atoms with van der Waals surface area (Å²) in [6.45, 7) is 0. The summed E-state index contributed by atoms with van der Waals surface area (Å²) < 4.78 is 18.2. The standard InChI is InChI=1S/C12H13FN2O/c13-8-1-2-11-9(7-8)10(15-16-11)3-4-12(14)5-6-12/h1-2,7H,3-6,14H2. The third-order valence-corrected chi connectivity index (χ3v) is 3.26. The normalized spacial score (nSPS) is 17.9. The number of benzene rings is 1. The van der Waals surface area contributed by atoms with Gasteiger partial charge in [-0.05, 0) is 43.9 Å². The Labute approximate surface area is 92.4 Å². The van der Waals surface area contributed by atoms with E-state index < -0.39 is 0 Å². The monoisotopic (exact) mass is 220 g/mol. The molecule has 3 rings (SSSR count). The second kappa shape index (κ2) is 3.28. The molecule has 4 heteroatoms. The maximum absolute atomic E-state index is 13.1. The Kier molecular flexibility index (Phi) is 2.01. The van der Waals surface area contributed by atoms with Crippen LogP contribution in [0.2, 0.25) is 0 Å². The number of nitrogens with two attached hydrogens (primary N) is 1. The van der Waals surface area contributed by atoms with Gasteiger partial charge in [-0.15, -0.1) is 0 Å². The fraction of sp³-hybridized carbons (Fsp3) is 0.417. The zero-order valence-electron chi connectivity index (χ0n) is 8.87. The van der Waals surface area contributed by atoms with Crippen LogP contribution >= 0.6 is 0 Å². The van der Waals surface area contributed by atoms with E-state index in [0.29, 0.717) is 5.58 Å². The second-order valence-electron chi connectivity index (χ2n) is 4.63. The molecule has 1 saturated carbocycles. The Morgan fingerprint density at radius 1 is 1.44 bits per heavy atom. The van der Waals surface area contributed by atoms with Crippen molar-refractivity contribution in [2.75, 3.05) is 0 Å². The van der Waals surface area contributed by atoms with Crippen LogP contribution in [0.15, 0.2) is 22.7 Å². The molecule has 1 heterocycles. The number of halogens is 1. The highest BCUT2D eigenvalue weighted by Crippen LogP contribution is 2.37. The minimum atomic E-state index is -0.258. The van der Waals surface area contributed by atoms with Crippen molar-refractivity contribution in [2.45, 2.75) is 31.2 Å². The molecular weight excluding hydrogens is 207 g/mol. The predicted octanol–water partition coefficient (Wildman–Crippen LogP) is 2.39. The molecule has 0 atom stereocenters. The highest BCUT2D eigenvalue weighted by Gasteiger charge is 2.37. The molecule has 1 aromatic carbocycles. The lowest BCUT2D eigenvalue weighted by Crippen LogP contribution is -2.22. The van der Waals surface area contributed by atoms with Gasteiger partial charge in [-0.1, -0.05) is 5.16 Å². The molecule has 16 heavy (non-hydrogen) atoms. The number of aryl methyl sites for hydroxylation is 1. The minimum Gasteiger partial charge on any atom is -0.356 e. The molecular formula is C12H13FN2O. The molecule has 0 aliphatic heterocycles. The first kappa shape index (κ1) is 9.78. The van der Waals surface area contributed by atoms with Crippen LogP contribution in [0.1, 0.15) is 25.0 Å². The number of hydrogen-bond acceptors (Lipinski definition) is 3. The molecule has 84 valence electrons. The van der Waals surface area contributed by atoms with Crippen molar-refractivity contribution < 1.29 is 8.91 Å². The van der Waals surface area contributed by atoms with Crippen molar-refractivity contribution in [3.8, 4) is 0 Å². The van der Waals surface area contributed by atoms with Gasteiger partial charge < -0.3 is 10.3 Å². The van der Waals surface area contributed by atoms with Crippen molar-refractivity contribution in [2.24, 2.45) is 5.73 Å². The highest BCUT2D eigenvalue weighted by molar-refractivity contribution is 5.79. The average Bonchev–Trinajstić information content (AvgIpc) is 2.87. The summed E-state index contributed by atoms with van der Waals surface area (Å²) in [6, 6.07) is 4.45. The molecule has 2 N–H and O–H groups in total. The van der Waals surface area contributed by atoms with Gasteiger partial charge in [-0.25, -0.2) is 4.39 Å². The molecule has 3 nitrogen and oxygen atoms in total. The van der Waals surface area contributed by atoms with E-state index in [-0.39, 0.29) is 11.4 Å². The van der Waals surface area contributed by atoms with E-state index in [1.165, 1.54) is 12.1 Å². The number of rotatable bonds is 3. The highest BCUT2D eigenvalue weighted by atomic mass is 19.1.